The number of hydrogen-bond donors (Lipinski definition) is 0. The molecule has 0 spiro atoms. The Labute approximate surface area is 274 Å². The van der Waals surface area contributed by atoms with Crippen molar-refractivity contribution in [1.29, 1.82) is 0 Å². The van der Waals surface area contributed by atoms with Gasteiger partial charge in [0.25, 0.3) is 0 Å². The molecule has 0 saturated carbocycles. The number of rotatable bonds is 9. The molecule has 3 aromatic carbocycles. The zero-order valence-electron chi connectivity index (χ0n) is 26.6. The Hall–Kier alpha value is -5.50. The lowest BCUT2D eigenvalue weighted by Gasteiger charge is -2.44. The van der Waals surface area contributed by atoms with Crippen LogP contribution in [0.2, 0.25) is 0 Å². The molecule has 0 bridgehead atoms. The molecule has 48 heavy (non-hydrogen) atoms. The molecule has 1 saturated heterocycles. The van der Waals surface area contributed by atoms with E-state index in [-0.39, 0.29) is 23.7 Å². The third-order valence-electron chi connectivity index (χ3n) is 7.38. The molecule has 0 amide bonds. The summed E-state index contributed by atoms with van der Waals surface area (Å²) in [5.41, 5.74) is 2.01. The van der Waals surface area contributed by atoms with Crippen molar-refractivity contribution in [2.75, 3.05) is 6.61 Å². The fourth-order valence-corrected chi connectivity index (χ4v) is 5.70. The Bertz CT molecular complexity index is 1780. The minimum atomic E-state index is -1.66. The normalized spacial score (nSPS) is 21.4. The highest BCUT2D eigenvalue weighted by Crippen LogP contribution is 2.47. The minimum Gasteiger partial charge on any atom is -0.463 e. The fraction of sp³-hybridized carbons (Fsp3) is 0.353. The van der Waals surface area contributed by atoms with Gasteiger partial charge in [0.15, 0.2) is 23.7 Å². The van der Waals surface area contributed by atoms with Crippen LogP contribution in [0, 0.1) is 0 Å². The Morgan fingerprint density at radius 1 is 0.729 bits per heavy atom. The number of benzene rings is 3. The van der Waals surface area contributed by atoms with Crippen molar-refractivity contribution in [1.82, 2.24) is 0 Å². The Morgan fingerprint density at radius 2 is 1.35 bits per heavy atom. The highest BCUT2D eigenvalue weighted by molar-refractivity contribution is 6.14. The van der Waals surface area contributed by atoms with Crippen molar-refractivity contribution in [2.24, 2.45) is 0 Å². The van der Waals surface area contributed by atoms with E-state index < -0.39 is 73.1 Å². The second-order valence-electron chi connectivity index (χ2n) is 11.0. The van der Waals surface area contributed by atoms with E-state index in [1.807, 2.05) is 30.3 Å². The van der Waals surface area contributed by atoms with Gasteiger partial charge in [-0.1, -0.05) is 36.4 Å². The summed E-state index contributed by atoms with van der Waals surface area (Å²) in [7, 11) is 0. The maximum absolute atomic E-state index is 12.9. The van der Waals surface area contributed by atoms with Crippen LogP contribution in [0.3, 0.4) is 0 Å². The summed E-state index contributed by atoms with van der Waals surface area (Å²) < 4.78 is 45.4. The van der Waals surface area contributed by atoms with Crippen LogP contribution < -0.4 is 9.47 Å². The molecule has 0 unspecified atom stereocenters. The summed E-state index contributed by atoms with van der Waals surface area (Å²) >= 11 is 0. The monoisotopic (exact) mass is 664 g/mol. The lowest BCUT2D eigenvalue weighted by atomic mass is 9.90. The molecule has 1 fully saturated rings. The van der Waals surface area contributed by atoms with Gasteiger partial charge in [0.1, 0.15) is 19.3 Å². The first-order chi connectivity index (χ1) is 22.8. The average Bonchev–Trinajstić information content (AvgIpc) is 3.01. The maximum Gasteiger partial charge on any atom is 0.339 e. The maximum atomic E-state index is 12.9. The van der Waals surface area contributed by atoms with Crippen molar-refractivity contribution < 1.29 is 66.7 Å². The van der Waals surface area contributed by atoms with Gasteiger partial charge in [0.05, 0.1) is 5.56 Å². The number of carbonyl (C=O) groups is 6. The molecular weight excluding hydrogens is 632 g/mol. The van der Waals surface area contributed by atoms with E-state index in [9.17, 15) is 28.8 Å². The molecule has 2 aliphatic rings. The van der Waals surface area contributed by atoms with Crippen molar-refractivity contribution in [3.63, 3.8) is 0 Å². The minimum absolute atomic E-state index is 0.0925. The number of cyclic esters (lactones) is 1. The summed E-state index contributed by atoms with van der Waals surface area (Å²) in [6, 6.07) is 13.9. The third kappa shape index (κ3) is 7.23. The topological polar surface area (TPSA) is 176 Å². The number of esters is 6. The zero-order valence-corrected chi connectivity index (χ0v) is 26.6. The highest BCUT2D eigenvalue weighted by atomic mass is 16.7. The molecule has 252 valence electrons. The van der Waals surface area contributed by atoms with E-state index in [2.05, 4.69) is 0 Å². The van der Waals surface area contributed by atoms with E-state index >= 15 is 0 Å². The standard InChI is InChI=1S/C34H32O14/c1-16(35)41-15-26-30(44-18(3)37)31(45-19(4)38)32(46-20(5)39)34(47-26)48-29-25(43-17(2)36)13-22-14-42-33(40)24-12-11-23(28(29)27(22)24)21-9-7-6-8-10-21/h6-13,26,30-32,34H,14-15H2,1-5H3/t26-,30-,31+,32-,34+/m0/s1. The summed E-state index contributed by atoms with van der Waals surface area (Å²) in [6.07, 6.45) is -7.48. The fourth-order valence-electron chi connectivity index (χ4n) is 5.70. The van der Waals surface area contributed by atoms with Crippen LogP contribution in [-0.4, -0.2) is 73.1 Å². The Kier molecular flexibility index (Phi) is 9.94. The van der Waals surface area contributed by atoms with Crippen LogP contribution in [0.1, 0.15) is 50.5 Å². The summed E-state index contributed by atoms with van der Waals surface area (Å²) in [4.78, 5) is 74.1. The molecule has 0 aliphatic carbocycles. The first-order valence-corrected chi connectivity index (χ1v) is 14.8. The lowest BCUT2D eigenvalue weighted by Crippen LogP contribution is -2.63. The molecule has 14 heteroatoms. The second-order valence-corrected chi connectivity index (χ2v) is 11.0. The average molecular weight is 665 g/mol. The Balaban J connectivity index is 1.76. The van der Waals surface area contributed by atoms with Gasteiger partial charge in [0, 0.05) is 51.0 Å². The molecule has 5 atom stereocenters. The van der Waals surface area contributed by atoms with Gasteiger partial charge in [0.2, 0.25) is 12.4 Å². The molecule has 5 rings (SSSR count). The van der Waals surface area contributed by atoms with Crippen LogP contribution in [0.15, 0.2) is 48.5 Å². The highest BCUT2D eigenvalue weighted by Gasteiger charge is 2.53. The van der Waals surface area contributed by atoms with E-state index in [4.69, 9.17) is 37.9 Å². The van der Waals surface area contributed by atoms with E-state index in [1.165, 1.54) is 13.0 Å². The van der Waals surface area contributed by atoms with E-state index in [1.54, 1.807) is 12.1 Å². The van der Waals surface area contributed by atoms with Gasteiger partial charge in [-0.05, 0) is 23.3 Å². The molecule has 2 heterocycles. The van der Waals surface area contributed by atoms with Crippen molar-refractivity contribution in [3.05, 3.63) is 59.7 Å². The van der Waals surface area contributed by atoms with Gasteiger partial charge in [-0.3, -0.25) is 24.0 Å². The second kappa shape index (κ2) is 14.1. The van der Waals surface area contributed by atoms with Crippen molar-refractivity contribution in [2.45, 2.75) is 71.9 Å². The predicted octanol–water partition coefficient (Wildman–Crippen LogP) is 3.56. The van der Waals surface area contributed by atoms with Gasteiger partial charge in [-0.25, -0.2) is 4.79 Å². The van der Waals surface area contributed by atoms with Crippen molar-refractivity contribution >= 4 is 46.6 Å². The van der Waals surface area contributed by atoms with Crippen LogP contribution in [0.5, 0.6) is 11.5 Å². The van der Waals surface area contributed by atoms with Crippen molar-refractivity contribution in [3.8, 4) is 22.6 Å². The van der Waals surface area contributed by atoms with Crippen LogP contribution in [-0.2, 0) is 59.0 Å². The first kappa shape index (κ1) is 33.9. The molecule has 14 nitrogen and oxygen atoms in total. The summed E-state index contributed by atoms with van der Waals surface area (Å²) in [6.45, 7) is 5.02. The lowest BCUT2D eigenvalue weighted by molar-refractivity contribution is -0.288. The predicted molar refractivity (Wildman–Crippen MR) is 162 cm³/mol. The van der Waals surface area contributed by atoms with E-state index in [0.29, 0.717) is 27.5 Å². The van der Waals surface area contributed by atoms with E-state index in [0.717, 1.165) is 27.7 Å². The van der Waals surface area contributed by atoms with Gasteiger partial charge in [-0.15, -0.1) is 0 Å². The van der Waals surface area contributed by atoms with Crippen LogP contribution in [0.25, 0.3) is 21.9 Å². The number of carbonyl (C=O) groups excluding carboxylic acids is 6. The number of hydrogen-bond acceptors (Lipinski definition) is 14. The smallest absolute Gasteiger partial charge is 0.339 e. The molecule has 2 aliphatic heterocycles. The number of ether oxygens (including phenoxy) is 8. The SMILES string of the molecule is CC(=O)OC[C@@H]1O[C@H](Oc2c(OC(C)=O)cc3c4c(ccc(-c5ccccc5)c24)C(=O)OC3)[C@@H](OC(C)=O)[C@H](OC(C)=O)[C@H]1OC(C)=O. The summed E-state index contributed by atoms with van der Waals surface area (Å²) in [5, 5.41) is 0.779. The molecule has 0 aromatic heterocycles. The largest absolute Gasteiger partial charge is 0.463 e. The van der Waals surface area contributed by atoms with Crippen LogP contribution >= 0.6 is 0 Å². The molecular formula is C34H32O14. The zero-order chi connectivity index (χ0) is 34.7. The molecule has 3 aromatic rings. The van der Waals surface area contributed by atoms with Gasteiger partial charge in [-0.2, -0.15) is 0 Å². The van der Waals surface area contributed by atoms with Gasteiger partial charge < -0.3 is 37.9 Å². The third-order valence-corrected chi connectivity index (χ3v) is 7.38. The summed E-state index contributed by atoms with van der Waals surface area (Å²) in [5.74, 6) is -4.64. The quantitative estimate of drug-likeness (QED) is 0.184. The first-order valence-electron chi connectivity index (χ1n) is 14.8. The Morgan fingerprint density at radius 3 is 1.98 bits per heavy atom. The van der Waals surface area contributed by atoms with Crippen LogP contribution in [0.4, 0.5) is 0 Å². The molecule has 0 N–H and O–H groups in total. The molecule has 0 radical (unpaired) electrons. The van der Waals surface area contributed by atoms with Gasteiger partial charge >= 0.3 is 35.8 Å².